The van der Waals surface area contributed by atoms with Crippen LogP contribution >= 0.6 is 0 Å². The van der Waals surface area contributed by atoms with E-state index < -0.39 is 46.2 Å². The maximum absolute atomic E-state index is 13.6. The highest BCUT2D eigenvalue weighted by Crippen LogP contribution is 2.77. The number of ether oxygens (including phenoxy) is 4. The molecule has 0 amide bonds. The minimum atomic E-state index is -1.33. The summed E-state index contributed by atoms with van der Waals surface area (Å²) in [5, 5.41) is 0. The molecule has 0 aliphatic carbocycles. The highest BCUT2D eigenvalue weighted by atomic mass is 16.6. The molecular formula is C23H23NO6. The molecule has 5 aliphatic heterocycles. The summed E-state index contributed by atoms with van der Waals surface area (Å²) in [6.07, 6.45) is 6.42. The second-order valence-corrected chi connectivity index (χ2v) is 8.81. The molecule has 7 nitrogen and oxygen atoms in total. The second kappa shape index (κ2) is 5.60. The third-order valence-electron chi connectivity index (χ3n) is 7.72. The Morgan fingerprint density at radius 3 is 2.07 bits per heavy atom. The SMILES string of the molecule is COC(=O)C12[C@@H]3C=C[C@@]4(CN(Cc5ccccc5)C[C@]5(C=C[C@H]1O5)C24C(=O)OC)O3. The molecule has 5 aliphatic rings. The zero-order valence-corrected chi connectivity index (χ0v) is 16.9. The lowest BCUT2D eigenvalue weighted by atomic mass is 9.44. The molecule has 0 aromatic heterocycles. The predicted molar refractivity (Wildman–Crippen MR) is 104 cm³/mol. The Morgan fingerprint density at radius 1 is 0.967 bits per heavy atom. The molecule has 6 atom stereocenters. The quantitative estimate of drug-likeness (QED) is 0.547. The Balaban J connectivity index is 1.55. The number of rotatable bonds is 4. The number of likely N-dealkylation sites (tertiary alicyclic amines) is 1. The maximum Gasteiger partial charge on any atom is 0.319 e. The van der Waals surface area contributed by atoms with Crippen molar-refractivity contribution in [3.63, 3.8) is 0 Å². The van der Waals surface area contributed by atoms with E-state index in [1.54, 1.807) is 0 Å². The first-order valence-corrected chi connectivity index (χ1v) is 10.2. The summed E-state index contributed by atoms with van der Waals surface area (Å²) in [4.78, 5) is 29.2. The zero-order valence-electron chi connectivity index (χ0n) is 16.9. The van der Waals surface area contributed by atoms with Crippen molar-refractivity contribution in [2.45, 2.75) is 30.0 Å². The number of carbonyl (C=O) groups is 2. The first kappa shape index (κ1) is 18.3. The summed E-state index contributed by atoms with van der Waals surface area (Å²) in [7, 11) is 2.70. The highest BCUT2D eigenvalue weighted by molar-refractivity contribution is 5.97. The Bertz CT molecular complexity index is 964. The Hall–Kier alpha value is -2.48. The lowest BCUT2D eigenvalue weighted by Gasteiger charge is -2.57. The van der Waals surface area contributed by atoms with Crippen LogP contribution in [0.1, 0.15) is 5.56 Å². The van der Waals surface area contributed by atoms with Gasteiger partial charge in [0.1, 0.15) is 16.6 Å². The smallest absolute Gasteiger partial charge is 0.319 e. The predicted octanol–water partition coefficient (Wildman–Crippen LogP) is 1.24. The fraction of sp³-hybridized carbons (Fsp3) is 0.478. The molecule has 7 heteroatoms. The van der Waals surface area contributed by atoms with Crippen molar-refractivity contribution in [1.29, 1.82) is 0 Å². The number of esters is 2. The van der Waals surface area contributed by atoms with Crippen LogP contribution in [0.5, 0.6) is 0 Å². The summed E-state index contributed by atoms with van der Waals surface area (Å²) in [5.74, 6) is -0.970. The van der Waals surface area contributed by atoms with Crippen molar-refractivity contribution in [3.05, 3.63) is 60.2 Å². The Morgan fingerprint density at radius 2 is 1.53 bits per heavy atom. The van der Waals surface area contributed by atoms with E-state index in [0.717, 1.165) is 5.56 Å². The standard InChI is InChI=1S/C23H23NO6/c1-27-18(25)22-16-8-10-20(29-16)13-24(12-15-6-4-3-5-7-15)14-21(11-9-17(22)30-21)23(20,22)19(26)28-2/h3-11,16-17H,12-14H2,1-2H3/t16-,17+,20-,21+,22?,23?. The number of fused-ring (bicyclic) bond motifs is 4. The van der Waals surface area contributed by atoms with E-state index in [9.17, 15) is 9.59 Å². The van der Waals surface area contributed by atoms with Crippen LogP contribution in [0.15, 0.2) is 54.6 Å². The summed E-state index contributed by atoms with van der Waals surface area (Å²) < 4.78 is 23.6. The minimum Gasteiger partial charge on any atom is -0.468 e. The van der Waals surface area contributed by atoms with Gasteiger partial charge in [-0.05, 0) is 5.56 Å². The Labute approximate surface area is 174 Å². The van der Waals surface area contributed by atoms with E-state index in [-0.39, 0.29) is 0 Å². The molecule has 3 fully saturated rings. The van der Waals surface area contributed by atoms with Gasteiger partial charge in [0.15, 0.2) is 5.41 Å². The van der Waals surface area contributed by atoms with E-state index in [4.69, 9.17) is 18.9 Å². The molecule has 2 spiro atoms. The second-order valence-electron chi connectivity index (χ2n) is 8.81. The molecule has 156 valence electrons. The van der Waals surface area contributed by atoms with Crippen molar-refractivity contribution >= 4 is 11.9 Å². The molecule has 5 heterocycles. The van der Waals surface area contributed by atoms with Gasteiger partial charge in [-0.1, -0.05) is 54.6 Å². The van der Waals surface area contributed by atoms with E-state index in [0.29, 0.717) is 19.6 Å². The van der Waals surface area contributed by atoms with Crippen LogP contribution in [-0.4, -0.2) is 67.6 Å². The molecule has 6 rings (SSSR count). The van der Waals surface area contributed by atoms with Crippen LogP contribution in [-0.2, 0) is 35.1 Å². The van der Waals surface area contributed by atoms with Gasteiger partial charge in [-0.25, -0.2) is 0 Å². The van der Waals surface area contributed by atoms with Crippen molar-refractivity contribution in [2.24, 2.45) is 10.8 Å². The number of hydrogen-bond acceptors (Lipinski definition) is 7. The van der Waals surface area contributed by atoms with Crippen molar-refractivity contribution in [3.8, 4) is 0 Å². The van der Waals surface area contributed by atoms with E-state index in [1.807, 2.05) is 42.5 Å². The van der Waals surface area contributed by atoms with Gasteiger partial charge in [-0.2, -0.15) is 0 Å². The molecule has 1 aromatic rings. The number of benzene rings is 1. The van der Waals surface area contributed by atoms with Gasteiger partial charge in [-0.15, -0.1) is 0 Å². The monoisotopic (exact) mass is 409 g/mol. The first-order valence-electron chi connectivity index (χ1n) is 10.2. The number of piperidine rings is 1. The van der Waals surface area contributed by atoms with E-state index in [2.05, 4.69) is 17.0 Å². The zero-order chi connectivity index (χ0) is 20.8. The van der Waals surface area contributed by atoms with Crippen LogP contribution in [0.4, 0.5) is 0 Å². The molecule has 4 bridgehead atoms. The maximum atomic E-state index is 13.6. The molecule has 2 unspecified atom stereocenters. The fourth-order valence-corrected chi connectivity index (χ4v) is 6.97. The molecule has 0 N–H and O–H groups in total. The molecule has 3 saturated heterocycles. The lowest BCUT2D eigenvalue weighted by Crippen LogP contribution is -2.77. The summed E-state index contributed by atoms with van der Waals surface area (Å²) in [6.45, 7) is 1.58. The number of methoxy groups -OCH3 is 2. The van der Waals surface area contributed by atoms with Gasteiger partial charge < -0.3 is 18.9 Å². The summed E-state index contributed by atoms with van der Waals surface area (Å²) in [5.41, 5.74) is -3.54. The average molecular weight is 409 g/mol. The lowest BCUT2D eigenvalue weighted by molar-refractivity contribution is -0.202. The van der Waals surface area contributed by atoms with Crippen LogP contribution < -0.4 is 0 Å². The van der Waals surface area contributed by atoms with Crippen molar-refractivity contribution in [1.82, 2.24) is 4.90 Å². The number of nitrogens with zero attached hydrogens (tertiary/aromatic N) is 1. The van der Waals surface area contributed by atoms with Gasteiger partial charge in [0.2, 0.25) is 0 Å². The highest BCUT2D eigenvalue weighted by Gasteiger charge is 2.95. The third kappa shape index (κ3) is 1.65. The minimum absolute atomic E-state index is 0.453. The molecule has 1 aromatic carbocycles. The van der Waals surface area contributed by atoms with Crippen LogP contribution in [0.25, 0.3) is 0 Å². The molecular weight excluding hydrogens is 386 g/mol. The van der Waals surface area contributed by atoms with Gasteiger partial charge in [0, 0.05) is 19.6 Å². The molecule has 30 heavy (non-hydrogen) atoms. The van der Waals surface area contributed by atoms with E-state index >= 15 is 0 Å². The normalized spacial score (nSPS) is 44.3. The average Bonchev–Trinajstić information content (AvgIpc) is 3.48. The van der Waals surface area contributed by atoms with Gasteiger partial charge >= 0.3 is 11.9 Å². The van der Waals surface area contributed by atoms with Crippen LogP contribution in [0.3, 0.4) is 0 Å². The molecule has 0 saturated carbocycles. The number of carbonyl (C=O) groups excluding carboxylic acids is 2. The van der Waals surface area contributed by atoms with E-state index in [1.165, 1.54) is 14.2 Å². The summed E-state index contributed by atoms with van der Waals surface area (Å²) >= 11 is 0. The first-order chi connectivity index (χ1) is 14.5. The number of hydrogen-bond donors (Lipinski definition) is 0. The molecule has 0 radical (unpaired) electrons. The van der Waals surface area contributed by atoms with Gasteiger partial charge in [0.25, 0.3) is 0 Å². The van der Waals surface area contributed by atoms with Crippen molar-refractivity contribution < 1.29 is 28.5 Å². The third-order valence-corrected chi connectivity index (χ3v) is 7.72. The Kier molecular flexibility index (Phi) is 3.42. The fourth-order valence-electron chi connectivity index (χ4n) is 6.97. The van der Waals surface area contributed by atoms with Crippen molar-refractivity contribution in [2.75, 3.05) is 27.3 Å². The summed E-state index contributed by atoms with van der Waals surface area (Å²) in [6, 6.07) is 10.1. The van der Waals surface area contributed by atoms with Crippen LogP contribution in [0, 0.1) is 10.8 Å². The largest absolute Gasteiger partial charge is 0.468 e. The van der Waals surface area contributed by atoms with Crippen LogP contribution in [0.2, 0.25) is 0 Å². The van der Waals surface area contributed by atoms with Gasteiger partial charge in [0.05, 0.1) is 26.4 Å². The topological polar surface area (TPSA) is 74.3 Å². The van der Waals surface area contributed by atoms with Gasteiger partial charge in [-0.3, -0.25) is 14.5 Å².